The number of carbonyl (C=O) groups is 1. The summed E-state index contributed by atoms with van der Waals surface area (Å²) in [5, 5.41) is 0. The highest BCUT2D eigenvalue weighted by molar-refractivity contribution is 5.96. The van der Waals surface area contributed by atoms with Crippen LogP contribution in [0.5, 0.6) is 0 Å². The fourth-order valence-corrected chi connectivity index (χ4v) is 5.62. The first kappa shape index (κ1) is 13.4. The molecule has 0 atom stereocenters. The Bertz CT molecular complexity index is 558. The number of ketones is 1. The van der Waals surface area contributed by atoms with Gasteiger partial charge < -0.3 is 0 Å². The van der Waals surface area contributed by atoms with Crippen LogP contribution in [-0.4, -0.2) is 5.78 Å². The van der Waals surface area contributed by atoms with E-state index in [-0.39, 0.29) is 11.2 Å². The van der Waals surface area contributed by atoms with Gasteiger partial charge in [-0.3, -0.25) is 4.79 Å². The lowest BCUT2D eigenvalue weighted by Crippen LogP contribution is -2.46. The van der Waals surface area contributed by atoms with Crippen LogP contribution in [0.1, 0.15) is 55.3 Å². The van der Waals surface area contributed by atoms with E-state index in [1.54, 1.807) is 0 Å². The molecule has 0 aromatic heterocycles. The van der Waals surface area contributed by atoms with Crippen molar-refractivity contribution in [3.05, 3.63) is 35.4 Å². The number of rotatable bonds is 3. The van der Waals surface area contributed by atoms with Gasteiger partial charge in [0.25, 0.3) is 0 Å². The molecule has 0 radical (unpaired) electrons. The Kier molecular flexibility index (Phi) is 2.95. The normalized spacial score (nSPS) is 37.0. The fraction of sp³-hybridized carbons (Fsp3) is 0.611. The first-order valence-corrected chi connectivity index (χ1v) is 8.01. The molecule has 0 unspecified atom stereocenters. The molecule has 4 saturated carbocycles. The van der Waals surface area contributed by atoms with E-state index >= 15 is 0 Å². The monoisotopic (exact) mass is 290 g/mol. The maximum atomic E-state index is 13.3. The number of hydrogen-bond acceptors (Lipinski definition) is 1. The van der Waals surface area contributed by atoms with E-state index in [4.69, 9.17) is 0 Å². The standard InChI is InChI=1S/C18H20F2O/c19-15-2-1-14(6-16(15)20)17(21)10-18-7-11-3-12(8-18)5-13(4-11)9-18/h1-2,6,11-13H,3-5,7-10H2. The van der Waals surface area contributed by atoms with Crippen molar-refractivity contribution in [3.63, 3.8) is 0 Å². The number of benzene rings is 1. The first-order valence-electron chi connectivity index (χ1n) is 8.01. The minimum Gasteiger partial charge on any atom is -0.294 e. The lowest BCUT2D eigenvalue weighted by atomic mass is 9.48. The lowest BCUT2D eigenvalue weighted by molar-refractivity contribution is -0.0524. The van der Waals surface area contributed by atoms with E-state index in [1.807, 2.05) is 0 Å². The lowest BCUT2D eigenvalue weighted by Gasteiger charge is -2.56. The quantitative estimate of drug-likeness (QED) is 0.734. The summed E-state index contributed by atoms with van der Waals surface area (Å²) in [5.74, 6) is 0.570. The van der Waals surface area contributed by atoms with Crippen molar-refractivity contribution < 1.29 is 13.6 Å². The van der Waals surface area contributed by atoms with Crippen LogP contribution in [0.2, 0.25) is 0 Å². The van der Waals surface area contributed by atoms with Gasteiger partial charge in [0.05, 0.1) is 0 Å². The molecular weight excluding hydrogens is 270 g/mol. The predicted octanol–water partition coefficient (Wildman–Crippen LogP) is 4.75. The van der Waals surface area contributed by atoms with Crippen molar-refractivity contribution in [1.29, 1.82) is 0 Å². The summed E-state index contributed by atoms with van der Waals surface area (Å²) in [5.41, 5.74) is 0.473. The second-order valence-electron chi connectivity index (χ2n) is 7.65. The molecule has 4 bridgehead atoms. The van der Waals surface area contributed by atoms with E-state index in [0.717, 1.165) is 49.1 Å². The summed E-state index contributed by atoms with van der Waals surface area (Å²) in [4.78, 5) is 12.5. The number of Topliss-reactive ketones (excluding diaryl/α,β-unsaturated/α-hetero) is 1. The largest absolute Gasteiger partial charge is 0.294 e. The third-order valence-corrected chi connectivity index (χ3v) is 5.94. The molecule has 0 saturated heterocycles. The van der Waals surface area contributed by atoms with Crippen molar-refractivity contribution in [2.24, 2.45) is 23.2 Å². The van der Waals surface area contributed by atoms with E-state index in [0.29, 0.717) is 12.0 Å². The zero-order valence-corrected chi connectivity index (χ0v) is 12.1. The van der Waals surface area contributed by atoms with Gasteiger partial charge in [0.15, 0.2) is 17.4 Å². The minimum atomic E-state index is -0.925. The van der Waals surface area contributed by atoms with Crippen molar-refractivity contribution in [3.8, 4) is 0 Å². The van der Waals surface area contributed by atoms with Gasteiger partial charge in [-0.1, -0.05) is 0 Å². The highest BCUT2D eigenvalue weighted by Crippen LogP contribution is 2.61. The van der Waals surface area contributed by atoms with Gasteiger partial charge in [-0.25, -0.2) is 8.78 Å². The molecule has 1 aromatic rings. The van der Waals surface area contributed by atoms with Gasteiger partial charge in [0.2, 0.25) is 0 Å². The van der Waals surface area contributed by atoms with Crippen molar-refractivity contribution in [1.82, 2.24) is 0 Å². The Morgan fingerprint density at radius 2 is 1.57 bits per heavy atom. The molecule has 21 heavy (non-hydrogen) atoms. The predicted molar refractivity (Wildman–Crippen MR) is 75.9 cm³/mol. The first-order chi connectivity index (χ1) is 10.0. The van der Waals surface area contributed by atoms with Gasteiger partial charge in [0.1, 0.15) is 0 Å². The van der Waals surface area contributed by atoms with Crippen molar-refractivity contribution in [2.45, 2.75) is 44.9 Å². The summed E-state index contributed by atoms with van der Waals surface area (Å²) in [6.45, 7) is 0. The molecule has 4 fully saturated rings. The summed E-state index contributed by atoms with van der Waals surface area (Å²) in [6.07, 6.45) is 8.04. The fourth-order valence-electron chi connectivity index (χ4n) is 5.62. The molecular formula is C18H20F2O. The summed E-state index contributed by atoms with van der Waals surface area (Å²) >= 11 is 0. The topological polar surface area (TPSA) is 17.1 Å². The van der Waals surface area contributed by atoms with Crippen LogP contribution >= 0.6 is 0 Å². The second kappa shape index (κ2) is 4.62. The van der Waals surface area contributed by atoms with Gasteiger partial charge in [0, 0.05) is 12.0 Å². The molecule has 5 rings (SSSR count). The molecule has 1 nitrogen and oxygen atoms in total. The van der Waals surface area contributed by atoms with Gasteiger partial charge in [-0.2, -0.15) is 0 Å². The highest BCUT2D eigenvalue weighted by atomic mass is 19.2. The van der Waals surface area contributed by atoms with Crippen LogP contribution in [0.3, 0.4) is 0 Å². The molecule has 0 spiro atoms. The van der Waals surface area contributed by atoms with Crippen molar-refractivity contribution >= 4 is 5.78 Å². The summed E-state index contributed by atoms with van der Waals surface area (Å²) in [6, 6.07) is 3.53. The molecule has 1 aromatic carbocycles. The smallest absolute Gasteiger partial charge is 0.163 e. The highest BCUT2D eigenvalue weighted by Gasteiger charge is 2.51. The van der Waals surface area contributed by atoms with Crippen molar-refractivity contribution in [2.75, 3.05) is 0 Å². The zero-order valence-electron chi connectivity index (χ0n) is 12.1. The molecule has 3 heteroatoms. The Morgan fingerprint density at radius 3 is 2.10 bits per heavy atom. The number of hydrogen-bond donors (Lipinski definition) is 0. The summed E-state index contributed by atoms with van der Waals surface area (Å²) < 4.78 is 26.3. The van der Waals surface area contributed by atoms with Crippen LogP contribution in [0.4, 0.5) is 8.78 Å². The molecule has 0 heterocycles. The van der Waals surface area contributed by atoms with Crippen LogP contribution in [0.25, 0.3) is 0 Å². The maximum absolute atomic E-state index is 13.3. The zero-order chi connectivity index (χ0) is 14.6. The third kappa shape index (κ3) is 2.31. The number of halogens is 2. The Balaban J connectivity index is 1.55. The van der Waals surface area contributed by atoms with Gasteiger partial charge in [-0.15, -0.1) is 0 Å². The minimum absolute atomic E-state index is 0.0177. The summed E-state index contributed by atoms with van der Waals surface area (Å²) in [7, 11) is 0. The van der Waals surface area contributed by atoms with E-state index in [2.05, 4.69) is 0 Å². The Labute approximate surface area is 123 Å². The van der Waals surface area contributed by atoms with Crippen LogP contribution in [0, 0.1) is 34.8 Å². The maximum Gasteiger partial charge on any atom is 0.163 e. The molecule has 4 aliphatic carbocycles. The van der Waals surface area contributed by atoms with Gasteiger partial charge >= 0.3 is 0 Å². The molecule has 4 aliphatic rings. The molecule has 0 amide bonds. The SMILES string of the molecule is O=C(CC12CC3CC(CC(C3)C1)C2)c1ccc(F)c(F)c1. The molecule has 0 aliphatic heterocycles. The van der Waals surface area contributed by atoms with E-state index < -0.39 is 11.6 Å². The molecule has 0 N–H and O–H groups in total. The average Bonchev–Trinajstić information content (AvgIpc) is 2.39. The van der Waals surface area contributed by atoms with Gasteiger partial charge in [-0.05, 0) is 79.9 Å². The third-order valence-electron chi connectivity index (χ3n) is 5.94. The Morgan fingerprint density at radius 1 is 1.00 bits per heavy atom. The van der Waals surface area contributed by atoms with Crippen LogP contribution < -0.4 is 0 Å². The average molecular weight is 290 g/mol. The van der Waals surface area contributed by atoms with E-state index in [9.17, 15) is 13.6 Å². The van der Waals surface area contributed by atoms with E-state index in [1.165, 1.54) is 25.3 Å². The molecule has 112 valence electrons. The second-order valence-corrected chi connectivity index (χ2v) is 7.65. The van der Waals surface area contributed by atoms with Crippen LogP contribution in [-0.2, 0) is 0 Å². The Hall–Kier alpha value is -1.25. The van der Waals surface area contributed by atoms with Crippen LogP contribution in [0.15, 0.2) is 18.2 Å². The number of carbonyl (C=O) groups excluding carboxylic acids is 1.